The largest absolute Gasteiger partial charge is 3.00 e. The maximum Gasteiger partial charge on any atom is 3.00 e. The van der Waals surface area contributed by atoms with Crippen molar-refractivity contribution in [1.82, 2.24) is 9.97 Å². The molecule has 0 aliphatic heterocycles. The number of halogens is 7. The molecule has 14 heteroatoms. The molecule has 2 heterocycles. The number of aromatic nitrogens is 2. The number of rotatable bonds is 4. The van der Waals surface area contributed by atoms with Crippen LogP contribution in [-0.4, -0.2) is 22.4 Å². The molecule has 0 atom stereocenters. The molecule has 7 rings (SSSR count). The maximum absolute atomic E-state index is 12.9. The Hall–Kier alpha value is -3.35. The molecular weight excluding hydrogens is 1070 g/mol. The molecule has 0 bridgehead atoms. The zero-order valence-electron chi connectivity index (χ0n) is 26.3. The van der Waals surface area contributed by atoms with Crippen molar-refractivity contribution in [2.24, 2.45) is 9.98 Å². The summed E-state index contributed by atoms with van der Waals surface area (Å²) in [6.45, 7) is 0. The van der Waals surface area contributed by atoms with E-state index in [1.807, 2.05) is 72.8 Å². The van der Waals surface area contributed by atoms with Gasteiger partial charge in [0, 0.05) is 35.6 Å². The van der Waals surface area contributed by atoms with Crippen LogP contribution in [0, 0.1) is 28.2 Å². The first kappa shape index (κ1) is 43.1. The number of hydrogen-bond acceptors (Lipinski definition) is 6. The van der Waals surface area contributed by atoms with Crippen molar-refractivity contribution >= 4 is 113 Å². The predicted octanol–water partition coefficient (Wildman–Crippen LogP) is 7.04. The molecular formula is C38H22ClF3FeI3N4O2. The van der Waals surface area contributed by atoms with Crippen molar-refractivity contribution in [2.75, 3.05) is 0 Å². The fraction of sp³-hybridized carbons (Fsp3) is 0. The minimum Gasteiger partial charge on any atom is -1.00 e. The molecule has 0 spiro atoms. The number of benzene rings is 5. The normalized spacial score (nSPS) is 10.6. The summed E-state index contributed by atoms with van der Waals surface area (Å²) in [6, 6.07) is 33.0. The molecule has 0 aliphatic carbocycles. The Morgan fingerprint density at radius 3 is 1.21 bits per heavy atom. The standard InChI is InChI=1S/2C16H12N2O.C6F3I3.ClH.Fe/c2*19-15-9-2-1-5-13(15)11-18-14-8-3-6-12-7-4-10-17-16(12)14;7-1-4(10)2(8)6(12)3(9)5(1)11;;/h2*1-11,19H;;1H;/q;;;;+3/p-3. The van der Waals surface area contributed by atoms with E-state index in [9.17, 15) is 23.4 Å². The van der Waals surface area contributed by atoms with Gasteiger partial charge in [-0.15, -0.1) is 11.5 Å². The van der Waals surface area contributed by atoms with Crippen LogP contribution < -0.4 is 22.6 Å². The molecule has 0 saturated carbocycles. The molecule has 0 amide bonds. The van der Waals surface area contributed by atoms with E-state index in [0.717, 1.165) is 33.2 Å². The van der Waals surface area contributed by atoms with Crippen molar-refractivity contribution in [3.8, 4) is 11.5 Å². The second-order valence-electron chi connectivity index (χ2n) is 10.2. The van der Waals surface area contributed by atoms with Gasteiger partial charge in [-0.05, 0) is 103 Å². The van der Waals surface area contributed by atoms with E-state index in [1.54, 1.807) is 49.1 Å². The molecule has 263 valence electrons. The number of pyridine rings is 2. The second kappa shape index (κ2) is 20.8. The van der Waals surface area contributed by atoms with Gasteiger partial charge in [0.05, 0.1) is 33.1 Å². The first-order chi connectivity index (χ1) is 24.2. The molecule has 7 aromatic rings. The first-order valence-electron chi connectivity index (χ1n) is 14.6. The summed E-state index contributed by atoms with van der Waals surface area (Å²) < 4.78 is 38.3. The minimum absolute atomic E-state index is 0. The quantitative estimate of drug-likeness (QED) is 0.0622. The van der Waals surface area contributed by atoms with E-state index in [1.165, 1.54) is 79.9 Å². The summed E-state index contributed by atoms with van der Waals surface area (Å²) in [5.41, 5.74) is 4.36. The third-order valence-corrected chi connectivity index (χ3v) is 9.74. The van der Waals surface area contributed by atoms with Gasteiger partial charge in [-0.1, -0.05) is 84.9 Å². The molecule has 1 radical (unpaired) electrons. The third-order valence-electron chi connectivity index (χ3n) is 6.90. The van der Waals surface area contributed by atoms with Crippen LogP contribution in [0.2, 0.25) is 0 Å². The fourth-order valence-electron chi connectivity index (χ4n) is 4.42. The number of aliphatic imine (C=N–C) groups is 2. The van der Waals surface area contributed by atoms with Gasteiger partial charge in [-0.2, -0.15) is 0 Å². The molecule has 52 heavy (non-hydrogen) atoms. The average Bonchev–Trinajstić information content (AvgIpc) is 3.15. The van der Waals surface area contributed by atoms with Crippen LogP contribution >= 0.6 is 67.8 Å². The number of para-hydroxylation sites is 4. The first-order valence-corrected chi connectivity index (χ1v) is 17.8. The van der Waals surface area contributed by atoms with Crippen LogP contribution in [0.3, 0.4) is 0 Å². The summed E-state index contributed by atoms with van der Waals surface area (Å²) in [7, 11) is 0. The average molecular weight is 1100 g/mol. The van der Waals surface area contributed by atoms with Gasteiger partial charge in [0.15, 0.2) is 17.5 Å². The van der Waals surface area contributed by atoms with E-state index >= 15 is 0 Å². The van der Waals surface area contributed by atoms with E-state index < -0.39 is 17.5 Å². The number of hydrogen-bond donors (Lipinski definition) is 0. The van der Waals surface area contributed by atoms with Gasteiger partial charge in [-0.25, -0.2) is 13.2 Å². The molecule has 5 aromatic carbocycles. The van der Waals surface area contributed by atoms with Crippen LogP contribution in [-0.2, 0) is 17.1 Å². The van der Waals surface area contributed by atoms with Crippen molar-refractivity contribution < 1.29 is 52.9 Å². The van der Waals surface area contributed by atoms with Gasteiger partial charge in [-0.3, -0.25) is 20.0 Å². The summed E-state index contributed by atoms with van der Waals surface area (Å²) in [4.78, 5) is 17.4. The Bertz CT molecular complexity index is 2120. The zero-order chi connectivity index (χ0) is 35.6. The SMILES string of the molecule is Fc1c(I)c(F)c(I)c(F)c1I.[Cl-].[Fe+3].[O-]c1ccccc1C=Nc1cccc2cccnc12.[O-]c1ccccc1C=Nc1cccc2cccnc12. The fourth-order valence-corrected chi connectivity index (χ4v) is 7.58. The smallest absolute Gasteiger partial charge is 1.00 e. The van der Waals surface area contributed by atoms with E-state index in [4.69, 9.17) is 0 Å². The van der Waals surface area contributed by atoms with Crippen molar-refractivity contribution in [2.45, 2.75) is 0 Å². The van der Waals surface area contributed by atoms with E-state index in [0.29, 0.717) is 11.1 Å². The Morgan fingerprint density at radius 1 is 0.500 bits per heavy atom. The van der Waals surface area contributed by atoms with Gasteiger partial charge in [0.1, 0.15) is 0 Å². The number of nitrogens with zero attached hydrogens (tertiary/aromatic N) is 4. The maximum atomic E-state index is 12.9. The van der Waals surface area contributed by atoms with Crippen molar-refractivity contribution in [1.29, 1.82) is 0 Å². The minimum atomic E-state index is -0.827. The Morgan fingerprint density at radius 2 is 0.846 bits per heavy atom. The molecule has 0 aliphatic rings. The third kappa shape index (κ3) is 10.9. The van der Waals surface area contributed by atoms with Crippen LogP contribution in [0.1, 0.15) is 11.1 Å². The number of fused-ring (bicyclic) bond motifs is 2. The van der Waals surface area contributed by atoms with Gasteiger partial charge in [0.25, 0.3) is 0 Å². The van der Waals surface area contributed by atoms with Crippen LogP contribution in [0.5, 0.6) is 11.5 Å². The monoisotopic (exact) mass is 1090 g/mol. The topological polar surface area (TPSA) is 96.6 Å². The molecule has 6 nitrogen and oxygen atoms in total. The van der Waals surface area contributed by atoms with Crippen molar-refractivity contribution in [3.63, 3.8) is 0 Å². The van der Waals surface area contributed by atoms with Crippen LogP contribution in [0.15, 0.2) is 132 Å². The predicted molar refractivity (Wildman–Crippen MR) is 214 cm³/mol. The molecule has 0 N–H and O–H groups in total. The Balaban J connectivity index is 0.000000212. The van der Waals surface area contributed by atoms with Crippen LogP contribution in [0.4, 0.5) is 24.5 Å². The summed E-state index contributed by atoms with van der Waals surface area (Å²) in [5.74, 6) is -2.54. The summed E-state index contributed by atoms with van der Waals surface area (Å²) >= 11 is 4.53. The summed E-state index contributed by atoms with van der Waals surface area (Å²) in [5, 5.41) is 25.3. The van der Waals surface area contributed by atoms with Gasteiger partial charge < -0.3 is 22.6 Å². The summed E-state index contributed by atoms with van der Waals surface area (Å²) in [6.07, 6.45) is 6.66. The van der Waals surface area contributed by atoms with E-state index in [-0.39, 0.29) is 51.7 Å². The molecule has 0 saturated heterocycles. The Kier molecular flexibility index (Phi) is 17.2. The molecule has 0 unspecified atom stereocenters. The molecule has 2 aromatic heterocycles. The van der Waals surface area contributed by atoms with Gasteiger partial charge in [0.2, 0.25) is 0 Å². The molecule has 0 fully saturated rings. The van der Waals surface area contributed by atoms with Gasteiger partial charge >= 0.3 is 17.1 Å². The van der Waals surface area contributed by atoms with E-state index in [2.05, 4.69) is 20.0 Å². The van der Waals surface area contributed by atoms with Crippen molar-refractivity contribution in [3.05, 3.63) is 161 Å². The zero-order valence-corrected chi connectivity index (χ0v) is 34.6. The second-order valence-corrected chi connectivity index (χ2v) is 13.4. The Labute approximate surface area is 355 Å². The van der Waals surface area contributed by atoms with Crippen LogP contribution in [0.25, 0.3) is 21.8 Å².